The molecule has 0 unspecified atom stereocenters. The van der Waals surface area contributed by atoms with Crippen molar-refractivity contribution >= 4 is 33.1 Å². The minimum atomic E-state index is 0.644. The van der Waals surface area contributed by atoms with Crippen molar-refractivity contribution in [1.82, 2.24) is 49.8 Å². The molecule has 10 nitrogen and oxygen atoms in total. The Kier molecular flexibility index (Phi) is 9.00. The van der Waals surface area contributed by atoms with E-state index < -0.39 is 0 Å². The zero-order chi connectivity index (χ0) is 25.0. The van der Waals surface area contributed by atoms with Crippen molar-refractivity contribution in [2.45, 2.75) is 34.6 Å². The van der Waals surface area contributed by atoms with E-state index in [1.807, 2.05) is 52.8 Å². The molecule has 0 saturated heterocycles. The molecule has 0 fully saturated rings. The van der Waals surface area contributed by atoms with Crippen LogP contribution in [0, 0.1) is 20.8 Å². The molecule has 0 bridgehead atoms. The third-order valence-corrected chi connectivity index (χ3v) is 4.37. The second-order valence-electron chi connectivity index (χ2n) is 7.03. The van der Waals surface area contributed by atoms with Crippen molar-refractivity contribution in [3.8, 4) is 0 Å². The first kappa shape index (κ1) is 25.0. The van der Waals surface area contributed by atoms with E-state index in [1.165, 1.54) is 19.0 Å². The monoisotopic (exact) mass is 466 g/mol. The molecule has 0 radical (unpaired) electrons. The van der Waals surface area contributed by atoms with Gasteiger partial charge >= 0.3 is 0 Å². The first-order valence-electron chi connectivity index (χ1n) is 11.0. The van der Waals surface area contributed by atoms with Crippen LogP contribution in [0.25, 0.3) is 33.1 Å². The minimum Gasteiger partial charge on any atom is -0.259 e. The van der Waals surface area contributed by atoms with Crippen molar-refractivity contribution < 1.29 is 0 Å². The van der Waals surface area contributed by atoms with E-state index in [9.17, 15) is 0 Å². The lowest BCUT2D eigenvalue weighted by Gasteiger charge is -1.94. The highest BCUT2D eigenvalue weighted by atomic mass is 14.9. The predicted octanol–water partition coefficient (Wildman–Crippen LogP) is 4.42. The maximum absolute atomic E-state index is 4.25. The highest BCUT2D eigenvalue weighted by Crippen LogP contribution is 2.08. The number of fused-ring (bicyclic) bond motifs is 3. The van der Waals surface area contributed by atoms with Gasteiger partial charge in [0.25, 0.3) is 0 Å². The molecule has 6 heterocycles. The summed E-state index contributed by atoms with van der Waals surface area (Å²) in [7, 11) is 0. The Morgan fingerprint density at radius 3 is 1.94 bits per heavy atom. The lowest BCUT2D eigenvalue weighted by atomic mass is 10.3. The number of aryl methyl sites for hydroxylation is 3. The normalized spacial score (nSPS) is 9.86. The Morgan fingerprint density at radius 1 is 0.486 bits per heavy atom. The molecule has 0 aliphatic heterocycles. The molecule has 6 aromatic heterocycles. The number of nitrogens with zero attached hydrogens (tertiary/aromatic N) is 10. The lowest BCUT2D eigenvalue weighted by molar-refractivity contribution is 1.11. The number of rotatable bonds is 0. The average Bonchev–Trinajstić information content (AvgIpc) is 2.90. The van der Waals surface area contributed by atoms with E-state index in [1.54, 1.807) is 31.0 Å². The standard InChI is InChI=1S/2C8H7N3.C7H6N4.C2H6/c1-6-2-7-3-9-5-11-8(7)4-10-6;1-6-2-3-7-8(11-6)4-9-5-10-7;1-5-2-9-7-6(11-5)3-8-4-10-7;1-2/h2*2-5H,1H3;2-4H,1H3;1-2H3. The first-order chi connectivity index (χ1) is 17.1. The molecular formula is C25H26N10. The average molecular weight is 467 g/mol. The molecule has 6 aromatic rings. The van der Waals surface area contributed by atoms with Crippen molar-refractivity contribution in [3.63, 3.8) is 0 Å². The van der Waals surface area contributed by atoms with Gasteiger partial charge in [-0.1, -0.05) is 13.8 Å². The number of hydrogen-bond donors (Lipinski definition) is 0. The van der Waals surface area contributed by atoms with E-state index >= 15 is 0 Å². The molecular weight excluding hydrogens is 440 g/mol. The van der Waals surface area contributed by atoms with Crippen LogP contribution in [-0.4, -0.2) is 49.8 Å². The second-order valence-corrected chi connectivity index (χ2v) is 7.03. The second kappa shape index (κ2) is 12.6. The van der Waals surface area contributed by atoms with E-state index in [4.69, 9.17) is 0 Å². The highest BCUT2D eigenvalue weighted by molar-refractivity contribution is 5.76. The fourth-order valence-corrected chi connectivity index (χ4v) is 2.83. The van der Waals surface area contributed by atoms with Crippen LogP contribution >= 0.6 is 0 Å². The van der Waals surface area contributed by atoms with Crippen LogP contribution in [0.1, 0.15) is 30.9 Å². The molecule has 0 aliphatic carbocycles. The Bertz CT molecular complexity index is 1340. The van der Waals surface area contributed by atoms with E-state index in [2.05, 4.69) is 49.8 Å². The number of aromatic nitrogens is 10. The van der Waals surface area contributed by atoms with Gasteiger partial charge in [0.1, 0.15) is 30.0 Å². The summed E-state index contributed by atoms with van der Waals surface area (Å²) in [5.74, 6) is 0. The largest absolute Gasteiger partial charge is 0.259 e. The van der Waals surface area contributed by atoms with Crippen LogP contribution in [0.4, 0.5) is 0 Å². The van der Waals surface area contributed by atoms with Gasteiger partial charge in [-0.2, -0.15) is 0 Å². The molecule has 0 N–H and O–H groups in total. The van der Waals surface area contributed by atoms with E-state index in [0.29, 0.717) is 5.65 Å². The van der Waals surface area contributed by atoms with Gasteiger partial charge in [0.15, 0.2) is 5.65 Å². The fourth-order valence-electron chi connectivity index (χ4n) is 2.83. The molecule has 0 aliphatic rings. The SMILES string of the molecule is CC.Cc1cc2cncnc2cn1.Cc1ccc2ncncc2n1.Cc1cnc2ncncc2n1. The van der Waals surface area contributed by atoms with Gasteiger partial charge in [0.05, 0.1) is 41.5 Å². The van der Waals surface area contributed by atoms with Crippen molar-refractivity contribution in [1.29, 1.82) is 0 Å². The zero-order valence-electron chi connectivity index (χ0n) is 20.3. The van der Waals surface area contributed by atoms with Crippen LogP contribution < -0.4 is 0 Å². The topological polar surface area (TPSA) is 129 Å². The van der Waals surface area contributed by atoms with Crippen LogP contribution in [0.5, 0.6) is 0 Å². The van der Waals surface area contributed by atoms with Crippen LogP contribution in [0.3, 0.4) is 0 Å². The quantitative estimate of drug-likeness (QED) is 0.317. The van der Waals surface area contributed by atoms with Gasteiger partial charge in [-0.05, 0) is 39.0 Å². The molecule has 10 heteroatoms. The molecule has 0 atom stereocenters. The summed E-state index contributed by atoms with van der Waals surface area (Å²) >= 11 is 0. The van der Waals surface area contributed by atoms with Crippen molar-refractivity contribution in [3.05, 3.63) is 85.2 Å². The predicted molar refractivity (Wildman–Crippen MR) is 135 cm³/mol. The molecule has 0 aromatic carbocycles. The fraction of sp³-hybridized carbons (Fsp3) is 0.200. The first-order valence-corrected chi connectivity index (χ1v) is 11.0. The van der Waals surface area contributed by atoms with Gasteiger partial charge in [0.2, 0.25) is 0 Å². The van der Waals surface area contributed by atoms with E-state index in [-0.39, 0.29) is 0 Å². The molecule has 0 saturated carbocycles. The van der Waals surface area contributed by atoms with Gasteiger partial charge in [0, 0.05) is 23.0 Å². The Morgan fingerprint density at radius 2 is 1.14 bits per heavy atom. The molecule has 6 rings (SSSR count). The van der Waals surface area contributed by atoms with Crippen molar-refractivity contribution in [2.24, 2.45) is 0 Å². The molecule has 0 amide bonds. The Labute approximate surface area is 203 Å². The maximum Gasteiger partial charge on any atom is 0.181 e. The smallest absolute Gasteiger partial charge is 0.181 e. The maximum atomic E-state index is 4.25. The van der Waals surface area contributed by atoms with Gasteiger partial charge in [-0.15, -0.1) is 0 Å². The number of pyridine rings is 2. The van der Waals surface area contributed by atoms with Crippen molar-refractivity contribution in [2.75, 3.05) is 0 Å². The van der Waals surface area contributed by atoms with Crippen LogP contribution in [0.15, 0.2) is 68.2 Å². The summed E-state index contributed by atoms with van der Waals surface area (Å²) in [6, 6.07) is 5.85. The lowest BCUT2D eigenvalue weighted by Crippen LogP contribution is -1.89. The van der Waals surface area contributed by atoms with Gasteiger partial charge < -0.3 is 0 Å². The zero-order valence-corrected chi connectivity index (χ0v) is 20.3. The minimum absolute atomic E-state index is 0.644. The summed E-state index contributed by atoms with van der Waals surface area (Å²) in [5, 5.41) is 1.04. The molecule has 176 valence electrons. The number of hydrogen-bond acceptors (Lipinski definition) is 10. The molecule has 35 heavy (non-hydrogen) atoms. The third-order valence-electron chi connectivity index (χ3n) is 4.37. The summed E-state index contributed by atoms with van der Waals surface area (Å²) < 4.78 is 0. The van der Waals surface area contributed by atoms with E-state index in [0.717, 1.165) is 44.5 Å². The van der Waals surface area contributed by atoms with Gasteiger partial charge in [-0.3, -0.25) is 4.98 Å². The third kappa shape index (κ3) is 7.19. The Balaban J connectivity index is 0.000000142. The Hall–Kier alpha value is -4.60. The van der Waals surface area contributed by atoms with Crippen LogP contribution in [0.2, 0.25) is 0 Å². The highest BCUT2D eigenvalue weighted by Gasteiger charge is 1.95. The van der Waals surface area contributed by atoms with Crippen LogP contribution in [-0.2, 0) is 0 Å². The summed E-state index contributed by atoms with van der Waals surface area (Å²) in [5.41, 5.74) is 6.90. The summed E-state index contributed by atoms with van der Waals surface area (Å²) in [6.07, 6.45) is 13.1. The summed E-state index contributed by atoms with van der Waals surface area (Å²) in [4.78, 5) is 40.3. The summed E-state index contributed by atoms with van der Waals surface area (Å²) in [6.45, 7) is 9.79. The van der Waals surface area contributed by atoms with Gasteiger partial charge in [-0.25, -0.2) is 44.9 Å². The molecule has 0 spiro atoms.